The molecule has 1 heterocycles. The maximum absolute atomic E-state index is 12.4. The molecule has 0 unspecified atom stereocenters. The summed E-state index contributed by atoms with van der Waals surface area (Å²) in [7, 11) is 0. The van der Waals surface area contributed by atoms with Crippen LogP contribution in [0.5, 0.6) is 0 Å². The zero-order valence-corrected chi connectivity index (χ0v) is 16.0. The second-order valence-corrected chi connectivity index (χ2v) is 7.31. The lowest BCUT2D eigenvalue weighted by Gasteiger charge is -2.22. The summed E-state index contributed by atoms with van der Waals surface area (Å²) in [6.07, 6.45) is 7.80. The molecule has 6 heteroatoms. The summed E-state index contributed by atoms with van der Waals surface area (Å²) < 4.78 is 0. The van der Waals surface area contributed by atoms with Crippen LogP contribution < -0.4 is 10.6 Å². The second-order valence-electron chi connectivity index (χ2n) is 6.87. The van der Waals surface area contributed by atoms with E-state index in [-0.39, 0.29) is 23.6 Å². The topological polar surface area (TPSA) is 71.1 Å². The van der Waals surface area contributed by atoms with Crippen LogP contribution in [-0.2, 0) is 6.42 Å². The maximum Gasteiger partial charge on any atom is 0.269 e. The minimum absolute atomic E-state index is 0.139. The van der Waals surface area contributed by atoms with E-state index in [1.54, 1.807) is 12.1 Å². The third-order valence-electron chi connectivity index (χ3n) is 4.81. The lowest BCUT2D eigenvalue weighted by Crippen LogP contribution is -2.36. The fourth-order valence-corrected chi connectivity index (χ4v) is 3.40. The van der Waals surface area contributed by atoms with E-state index in [1.165, 1.54) is 12.6 Å². The van der Waals surface area contributed by atoms with E-state index >= 15 is 0 Å². The van der Waals surface area contributed by atoms with Crippen molar-refractivity contribution in [3.05, 3.63) is 64.4 Å². The number of hydrogen-bond donors (Lipinski definition) is 2. The fraction of sp³-hybridized carbons (Fsp3) is 0.381. The van der Waals surface area contributed by atoms with Gasteiger partial charge >= 0.3 is 0 Å². The maximum atomic E-state index is 12.4. The standard InChI is InChI=1S/C21H24ClN3O2/c22-17-8-6-15(7-9-17)10-12-24-21(27)19-14-16(11-13-23-19)20(26)25-18-4-2-1-3-5-18/h6-9,11,13-14,18H,1-5,10,12H2,(H,24,27)(H,25,26). The Morgan fingerprint density at radius 2 is 1.78 bits per heavy atom. The van der Waals surface area contributed by atoms with Gasteiger partial charge < -0.3 is 10.6 Å². The highest BCUT2D eigenvalue weighted by molar-refractivity contribution is 6.30. The zero-order valence-electron chi connectivity index (χ0n) is 15.2. The van der Waals surface area contributed by atoms with Crippen LogP contribution in [0.1, 0.15) is 58.5 Å². The van der Waals surface area contributed by atoms with Gasteiger partial charge in [0.15, 0.2) is 0 Å². The number of pyridine rings is 1. The quantitative estimate of drug-likeness (QED) is 0.795. The van der Waals surface area contributed by atoms with Gasteiger partial charge in [-0.3, -0.25) is 14.6 Å². The summed E-state index contributed by atoms with van der Waals surface area (Å²) >= 11 is 5.87. The van der Waals surface area contributed by atoms with Gasteiger partial charge in [-0.1, -0.05) is 43.0 Å². The summed E-state index contributed by atoms with van der Waals surface area (Å²) in [5.74, 6) is -0.421. The third kappa shape index (κ3) is 5.79. The van der Waals surface area contributed by atoms with Crippen molar-refractivity contribution in [1.29, 1.82) is 0 Å². The first-order chi connectivity index (χ1) is 13.1. The van der Waals surface area contributed by atoms with Crippen LogP contribution in [0, 0.1) is 0 Å². The van der Waals surface area contributed by atoms with Crippen LogP contribution in [0.3, 0.4) is 0 Å². The molecular formula is C21H24ClN3O2. The van der Waals surface area contributed by atoms with E-state index in [0.717, 1.165) is 31.2 Å². The molecule has 2 amide bonds. The summed E-state index contributed by atoms with van der Waals surface area (Å²) in [6.45, 7) is 0.487. The molecule has 0 aliphatic heterocycles. The molecule has 0 spiro atoms. The Hall–Kier alpha value is -2.40. The average Bonchev–Trinajstić information content (AvgIpc) is 2.70. The monoisotopic (exact) mass is 385 g/mol. The number of benzene rings is 1. The van der Waals surface area contributed by atoms with Gasteiger partial charge in [0.25, 0.3) is 11.8 Å². The number of halogens is 1. The van der Waals surface area contributed by atoms with Crippen LogP contribution in [0.2, 0.25) is 5.02 Å². The molecular weight excluding hydrogens is 362 g/mol. The van der Waals surface area contributed by atoms with Crippen molar-refractivity contribution in [3.8, 4) is 0 Å². The first-order valence-electron chi connectivity index (χ1n) is 9.41. The van der Waals surface area contributed by atoms with Crippen LogP contribution in [-0.4, -0.2) is 29.4 Å². The molecule has 1 fully saturated rings. The van der Waals surface area contributed by atoms with Gasteiger partial charge in [0, 0.05) is 29.4 Å². The molecule has 1 aliphatic rings. The average molecular weight is 386 g/mol. The van der Waals surface area contributed by atoms with Gasteiger partial charge in [0.05, 0.1) is 0 Å². The van der Waals surface area contributed by atoms with Crippen molar-refractivity contribution in [2.45, 2.75) is 44.6 Å². The number of nitrogens with zero attached hydrogens (tertiary/aromatic N) is 1. The van der Waals surface area contributed by atoms with Crippen molar-refractivity contribution >= 4 is 23.4 Å². The van der Waals surface area contributed by atoms with Crippen molar-refractivity contribution < 1.29 is 9.59 Å². The minimum atomic E-state index is -0.281. The highest BCUT2D eigenvalue weighted by atomic mass is 35.5. The fourth-order valence-electron chi connectivity index (χ4n) is 3.27. The molecule has 5 nitrogen and oxygen atoms in total. The lowest BCUT2D eigenvalue weighted by atomic mass is 9.95. The third-order valence-corrected chi connectivity index (χ3v) is 5.06. The Labute approximate surface area is 164 Å². The molecule has 0 radical (unpaired) electrons. The summed E-state index contributed by atoms with van der Waals surface area (Å²) in [6, 6.07) is 10.9. The van der Waals surface area contributed by atoms with E-state index in [9.17, 15) is 9.59 Å². The molecule has 1 aromatic carbocycles. The Morgan fingerprint density at radius 3 is 2.52 bits per heavy atom. The predicted molar refractivity (Wildman–Crippen MR) is 106 cm³/mol. The van der Waals surface area contributed by atoms with E-state index in [2.05, 4.69) is 15.6 Å². The molecule has 1 aromatic heterocycles. The lowest BCUT2D eigenvalue weighted by molar-refractivity contribution is 0.0927. The van der Waals surface area contributed by atoms with E-state index in [4.69, 9.17) is 11.6 Å². The van der Waals surface area contributed by atoms with Gasteiger partial charge in [0.2, 0.25) is 0 Å². The Morgan fingerprint density at radius 1 is 1.04 bits per heavy atom. The first-order valence-corrected chi connectivity index (χ1v) is 9.79. The largest absolute Gasteiger partial charge is 0.350 e. The number of nitrogens with one attached hydrogen (secondary N) is 2. The van der Waals surface area contributed by atoms with Gasteiger partial charge in [-0.2, -0.15) is 0 Å². The molecule has 3 rings (SSSR count). The van der Waals surface area contributed by atoms with Gasteiger partial charge in [-0.25, -0.2) is 0 Å². The number of hydrogen-bond acceptors (Lipinski definition) is 3. The molecule has 142 valence electrons. The molecule has 0 saturated heterocycles. The SMILES string of the molecule is O=C(NC1CCCCC1)c1ccnc(C(=O)NCCc2ccc(Cl)cc2)c1. The van der Waals surface area contributed by atoms with Gasteiger partial charge in [-0.05, 0) is 49.1 Å². The molecule has 1 aliphatic carbocycles. The van der Waals surface area contributed by atoms with Crippen LogP contribution in [0.15, 0.2) is 42.6 Å². The summed E-state index contributed by atoms with van der Waals surface area (Å²) in [4.78, 5) is 28.9. The second kappa shape index (κ2) is 9.51. The molecule has 2 N–H and O–H groups in total. The normalized spacial score (nSPS) is 14.6. The molecule has 1 saturated carbocycles. The minimum Gasteiger partial charge on any atom is -0.350 e. The predicted octanol–water partition coefficient (Wildman–Crippen LogP) is 3.77. The summed E-state index contributed by atoms with van der Waals surface area (Å²) in [5.41, 5.74) is 1.81. The van der Waals surface area contributed by atoms with E-state index in [0.29, 0.717) is 23.6 Å². The van der Waals surface area contributed by atoms with E-state index < -0.39 is 0 Å². The van der Waals surface area contributed by atoms with Crippen molar-refractivity contribution in [1.82, 2.24) is 15.6 Å². The number of rotatable bonds is 6. The van der Waals surface area contributed by atoms with Crippen molar-refractivity contribution in [3.63, 3.8) is 0 Å². The molecule has 2 aromatic rings. The van der Waals surface area contributed by atoms with Crippen molar-refractivity contribution in [2.24, 2.45) is 0 Å². The first kappa shape index (κ1) is 19.4. The summed E-state index contributed by atoms with van der Waals surface area (Å²) in [5, 5.41) is 6.59. The Balaban J connectivity index is 1.53. The Kier molecular flexibility index (Phi) is 6.82. The highest BCUT2D eigenvalue weighted by Crippen LogP contribution is 2.18. The number of carbonyl (C=O) groups excluding carboxylic acids is 2. The number of aromatic nitrogens is 1. The smallest absolute Gasteiger partial charge is 0.269 e. The van der Waals surface area contributed by atoms with Gasteiger partial charge in [0.1, 0.15) is 5.69 Å². The number of carbonyl (C=O) groups is 2. The Bertz CT molecular complexity index is 786. The van der Waals surface area contributed by atoms with Crippen LogP contribution in [0.4, 0.5) is 0 Å². The highest BCUT2D eigenvalue weighted by Gasteiger charge is 2.17. The molecule has 0 atom stereocenters. The molecule has 27 heavy (non-hydrogen) atoms. The van der Waals surface area contributed by atoms with E-state index in [1.807, 2.05) is 24.3 Å². The van der Waals surface area contributed by atoms with Crippen LogP contribution in [0.25, 0.3) is 0 Å². The van der Waals surface area contributed by atoms with Crippen molar-refractivity contribution in [2.75, 3.05) is 6.54 Å². The van der Waals surface area contributed by atoms with Gasteiger partial charge in [-0.15, -0.1) is 0 Å². The zero-order chi connectivity index (χ0) is 19.1. The van der Waals surface area contributed by atoms with Crippen LogP contribution >= 0.6 is 11.6 Å². The molecule has 0 bridgehead atoms. The number of amides is 2.